The average Bonchev–Trinajstić information content (AvgIpc) is 2.54. The second-order valence-electron chi connectivity index (χ2n) is 6.57. The molecule has 4 nitrogen and oxygen atoms in total. The molecule has 0 aromatic carbocycles. The van der Waals surface area contributed by atoms with Gasteiger partial charge in [-0.3, -0.25) is 0 Å². The molecule has 0 bridgehead atoms. The van der Waals surface area contributed by atoms with Crippen LogP contribution < -0.4 is 0 Å². The summed E-state index contributed by atoms with van der Waals surface area (Å²) in [5, 5.41) is 0. The van der Waals surface area contributed by atoms with Crippen LogP contribution in [0.4, 0.5) is 0 Å². The Balaban J connectivity index is 1.93. The molecule has 1 unspecified atom stereocenters. The number of ether oxygens (including phenoxy) is 2. The Morgan fingerprint density at radius 1 is 1.00 bits per heavy atom. The fourth-order valence-electron chi connectivity index (χ4n) is 3.05. The third-order valence-electron chi connectivity index (χ3n) is 4.48. The number of hydrogen-bond donors (Lipinski definition) is 0. The molecule has 1 saturated heterocycles. The van der Waals surface area contributed by atoms with Gasteiger partial charge in [-0.25, -0.2) is 4.73 Å². The van der Waals surface area contributed by atoms with Crippen molar-refractivity contribution in [2.24, 2.45) is 0 Å². The maximum absolute atomic E-state index is 5.92. The first-order chi connectivity index (χ1) is 11.4. The summed E-state index contributed by atoms with van der Waals surface area (Å²) in [6.07, 6.45) is 13.2. The topological polar surface area (TPSA) is 30.9 Å². The molecule has 1 rings (SSSR count). The van der Waals surface area contributed by atoms with E-state index in [9.17, 15) is 0 Å². The standard InChI is InChI=1S/C18H39NO3Si/c1-3-5-6-7-8-9-10-15-20-17-21-18-12-11-16-23-19(14-13-18)22-4-2/h18H,3-17,23H2,1-2H3. The van der Waals surface area contributed by atoms with Gasteiger partial charge in [-0.2, -0.15) is 0 Å². The van der Waals surface area contributed by atoms with E-state index in [1.807, 2.05) is 0 Å². The summed E-state index contributed by atoms with van der Waals surface area (Å²) in [5.74, 6) is 0. The molecule has 0 aromatic heterocycles. The Morgan fingerprint density at radius 3 is 2.57 bits per heavy atom. The van der Waals surface area contributed by atoms with Gasteiger partial charge in [-0.15, -0.1) is 0 Å². The molecule has 1 aliphatic rings. The smallest absolute Gasteiger partial charge is 0.147 e. The maximum Gasteiger partial charge on any atom is 0.147 e. The van der Waals surface area contributed by atoms with Crippen LogP contribution in [0, 0.1) is 0 Å². The third-order valence-corrected chi connectivity index (χ3v) is 6.29. The number of unbranched alkanes of at least 4 members (excludes halogenated alkanes) is 6. The average molecular weight is 346 g/mol. The predicted molar refractivity (Wildman–Crippen MR) is 99.2 cm³/mol. The highest BCUT2D eigenvalue weighted by Gasteiger charge is 2.16. The Bertz CT molecular complexity index is 256. The minimum Gasteiger partial charge on any atom is -0.355 e. The SMILES string of the molecule is CCCCCCCCCOCOC1CCC[SiH2]N(OCC)CC1. The zero-order chi connectivity index (χ0) is 16.6. The van der Waals surface area contributed by atoms with Crippen molar-refractivity contribution in [2.45, 2.75) is 90.2 Å². The molecule has 0 saturated carbocycles. The lowest BCUT2D eigenvalue weighted by molar-refractivity contribution is -0.117. The maximum atomic E-state index is 5.92. The molecule has 0 N–H and O–H groups in total. The Morgan fingerprint density at radius 2 is 1.78 bits per heavy atom. The van der Waals surface area contributed by atoms with Crippen LogP contribution in [-0.2, 0) is 14.3 Å². The fraction of sp³-hybridized carbons (Fsp3) is 1.00. The third kappa shape index (κ3) is 12.1. The number of hydrogen-bond acceptors (Lipinski definition) is 4. The van der Waals surface area contributed by atoms with Crippen LogP contribution in [0.5, 0.6) is 0 Å². The minimum absolute atomic E-state index is 0.185. The van der Waals surface area contributed by atoms with Gasteiger partial charge in [-0.1, -0.05) is 51.9 Å². The molecule has 0 aliphatic carbocycles. The lowest BCUT2D eigenvalue weighted by Gasteiger charge is -2.27. The fourth-order valence-corrected chi connectivity index (χ4v) is 4.63. The summed E-state index contributed by atoms with van der Waals surface area (Å²) in [7, 11) is -0.185. The van der Waals surface area contributed by atoms with Crippen molar-refractivity contribution in [2.75, 3.05) is 26.6 Å². The molecule has 0 amide bonds. The van der Waals surface area contributed by atoms with Crippen molar-refractivity contribution in [3.8, 4) is 0 Å². The van der Waals surface area contributed by atoms with E-state index in [-0.39, 0.29) is 9.68 Å². The largest absolute Gasteiger partial charge is 0.355 e. The Labute approximate surface area is 146 Å². The van der Waals surface area contributed by atoms with Crippen LogP contribution in [0.3, 0.4) is 0 Å². The molecule has 0 radical (unpaired) electrons. The molecule has 138 valence electrons. The number of rotatable bonds is 13. The molecule has 1 heterocycles. The monoisotopic (exact) mass is 345 g/mol. The zero-order valence-electron chi connectivity index (χ0n) is 15.6. The summed E-state index contributed by atoms with van der Waals surface area (Å²) < 4.78 is 13.8. The lowest BCUT2D eigenvalue weighted by Crippen LogP contribution is -2.34. The molecule has 5 heteroatoms. The summed E-state index contributed by atoms with van der Waals surface area (Å²) >= 11 is 0. The van der Waals surface area contributed by atoms with Gasteiger partial charge in [0, 0.05) is 13.2 Å². The summed E-state index contributed by atoms with van der Waals surface area (Å²) in [6.45, 7) is 7.46. The van der Waals surface area contributed by atoms with E-state index >= 15 is 0 Å². The van der Waals surface area contributed by atoms with E-state index < -0.39 is 0 Å². The van der Waals surface area contributed by atoms with Crippen LogP contribution in [-0.4, -0.2) is 47.1 Å². The van der Waals surface area contributed by atoms with Crippen molar-refractivity contribution in [1.29, 1.82) is 0 Å². The molecule has 1 fully saturated rings. The molecule has 1 atom stereocenters. The molecule has 1 aliphatic heterocycles. The first-order valence-corrected chi connectivity index (χ1v) is 11.6. The zero-order valence-corrected chi connectivity index (χ0v) is 17.0. The van der Waals surface area contributed by atoms with E-state index in [2.05, 4.69) is 18.6 Å². The molecular formula is C18H39NO3Si. The van der Waals surface area contributed by atoms with E-state index in [0.717, 1.165) is 26.2 Å². The molecule has 0 aromatic rings. The Hall–Kier alpha value is 0.0569. The highest BCUT2D eigenvalue weighted by Crippen LogP contribution is 2.14. The molecular weight excluding hydrogens is 306 g/mol. The van der Waals surface area contributed by atoms with Crippen LogP contribution in [0.25, 0.3) is 0 Å². The molecule has 0 spiro atoms. The summed E-state index contributed by atoms with van der Waals surface area (Å²) in [5.41, 5.74) is 0. The van der Waals surface area contributed by atoms with Gasteiger partial charge in [0.1, 0.15) is 16.5 Å². The van der Waals surface area contributed by atoms with Crippen LogP contribution in [0.1, 0.15) is 78.1 Å². The van der Waals surface area contributed by atoms with Gasteiger partial charge >= 0.3 is 0 Å². The van der Waals surface area contributed by atoms with Crippen LogP contribution in [0.2, 0.25) is 6.04 Å². The van der Waals surface area contributed by atoms with Crippen LogP contribution >= 0.6 is 0 Å². The Kier molecular flexibility index (Phi) is 14.3. The van der Waals surface area contributed by atoms with E-state index in [0.29, 0.717) is 12.9 Å². The van der Waals surface area contributed by atoms with Crippen molar-refractivity contribution in [1.82, 2.24) is 4.73 Å². The second-order valence-corrected chi connectivity index (χ2v) is 8.43. The van der Waals surface area contributed by atoms with Crippen molar-refractivity contribution >= 4 is 9.68 Å². The lowest BCUT2D eigenvalue weighted by atomic mass is 10.1. The first kappa shape index (κ1) is 21.1. The number of nitrogens with zero attached hydrogens (tertiary/aromatic N) is 1. The van der Waals surface area contributed by atoms with Gasteiger partial charge in [0.2, 0.25) is 0 Å². The van der Waals surface area contributed by atoms with Crippen molar-refractivity contribution < 1.29 is 14.3 Å². The number of hydroxylamine groups is 1. The van der Waals surface area contributed by atoms with Gasteiger partial charge in [0.05, 0.1) is 12.7 Å². The highest BCUT2D eigenvalue weighted by atomic mass is 28.2. The van der Waals surface area contributed by atoms with Gasteiger partial charge < -0.3 is 14.3 Å². The first-order valence-electron chi connectivity index (χ1n) is 9.94. The van der Waals surface area contributed by atoms with Crippen molar-refractivity contribution in [3.63, 3.8) is 0 Å². The van der Waals surface area contributed by atoms with Gasteiger partial charge in [0.15, 0.2) is 0 Å². The second kappa shape index (κ2) is 15.6. The predicted octanol–water partition coefficient (Wildman–Crippen LogP) is 4.04. The van der Waals surface area contributed by atoms with E-state index in [1.165, 1.54) is 63.8 Å². The van der Waals surface area contributed by atoms with Crippen molar-refractivity contribution in [3.05, 3.63) is 0 Å². The minimum atomic E-state index is -0.185. The normalized spacial score (nSPS) is 21.4. The summed E-state index contributed by atoms with van der Waals surface area (Å²) in [4.78, 5) is 5.68. The molecule has 23 heavy (non-hydrogen) atoms. The van der Waals surface area contributed by atoms with E-state index in [1.54, 1.807) is 0 Å². The van der Waals surface area contributed by atoms with Gasteiger partial charge in [0.25, 0.3) is 0 Å². The van der Waals surface area contributed by atoms with Gasteiger partial charge in [-0.05, 0) is 32.2 Å². The quantitative estimate of drug-likeness (QED) is 0.286. The van der Waals surface area contributed by atoms with Crippen LogP contribution in [0.15, 0.2) is 0 Å². The highest BCUT2D eigenvalue weighted by molar-refractivity contribution is 6.31. The summed E-state index contributed by atoms with van der Waals surface area (Å²) in [6, 6.07) is 1.33. The van der Waals surface area contributed by atoms with E-state index in [4.69, 9.17) is 14.3 Å².